The molecule has 7 heteroatoms. The first kappa shape index (κ1) is 25.2. The molecule has 4 rings (SSSR count). The highest BCUT2D eigenvalue weighted by molar-refractivity contribution is 6.00. The summed E-state index contributed by atoms with van der Waals surface area (Å²) in [6.07, 6.45) is 2.74. The number of aliphatic hydroxyl groups is 1. The Morgan fingerprint density at radius 1 is 1.20 bits per heavy atom. The van der Waals surface area contributed by atoms with Gasteiger partial charge in [-0.1, -0.05) is 37.3 Å². The summed E-state index contributed by atoms with van der Waals surface area (Å²) in [7, 11) is 2.12. The lowest BCUT2D eigenvalue weighted by atomic mass is 9.99. The number of hydrogen-bond acceptors (Lipinski definition) is 5. The number of aliphatic hydroxyl groups excluding tert-OH is 1. The van der Waals surface area contributed by atoms with Crippen LogP contribution in [0.4, 0.5) is 5.69 Å². The Morgan fingerprint density at radius 2 is 1.94 bits per heavy atom. The molecule has 2 N–H and O–H groups in total. The van der Waals surface area contributed by atoms with E-state index in [1.54, 1.807) is 23.1 Å². The normalized spacial score (nSPS) is 21.1. The highest BCUT2D eigenvalue weighted by Crippen LogP contribution is 2.32. The zero-order chi connectivity index (χ0) is 24.9. The molecule has 188 valence electrons. The van der Waals surface area contributed by atoms with Gasteiger partial charge < -0.3 is 25.0 Å². The summed E-state index contributed by atoms with van der Waals surface area (Å²) in [5, 5.41) is 12.8. The molecule has 0 aromatic heterocycles. The summed E-state index contributed by atoms with van der Waals surface area (Å²) in [4.78, 5) is 30.2. The van der Waals surface area contributed by atoms with Crippen LogP contribution in [0.1, 0.15) is 42.6 Å². The van der Waals surface area contributed by atoms with E-state index in [9.17, 15) is 14.7 Å². The van der Waals surface area contributed by atoms with E-state index in [-0.39, 0.29) is 42.9 Å². The minimum atomic E-state index is -0.322. The number of carbonyl (C=O) groups is 2. The second kappa shape index (κ2) is 11.2. The van der Waals surface area contributed by atoms with Crippen molar-refractivity contribution in [1.82, 2.24) is 9.80 Å². The first-order chi connectivity index (χ1) is 16.8. The van der Waals surface area contributed by atoms with E-state index in [0.29, 0.717) is 23.5 Å². The van der Waals surface area contributed by atoms with Gasteiger partial charge in [0.2, 0.25) is 5.91 Å². The van der Waals surface area contributed by atoms with Crippen molar-refractivity contribution in [2.75, 3.05) is 38.6 Å². The molecule has 2 aromatic carbocycles. The highest BCUT2D eigenvalue weighted by Gasteiger charge is 2.34. The van der Waals surface area contributed by atoms with Crippen molar-refractivity contribution in [3.05, 3.63) is 59.7 Å². The molecule has 0 spiro atoms. The average Bonchev–Trinajstić information content (AvgIpc) is 3.65. The molecule has 1 aliphatic heterocycles. The molecule has 1 heterocycles. The Morgan fingerprint density at radius 3 is 2.63 bits per heavy atom. The van der Waals surface area contributed by atoms with Gasteiger partial charge in [0.25, 0.3) is 5.91 Å². The van der Waals surface area contributed by atoms with Gasteiger partial charge in [0.05, 0.1) is 24.6 Å². The maximum atomic E-state index is 13.6. The van der Waals surface area contributed by atoms with Crippen molar-refractivity contribution in [1.29, 1.82) is 0 Å². The van der Waals surface area contributed by atoms with Gasteiger partial charge in [0.1, 0.15) is 11.9 Å². The third-order valence-corrected chi connectivity index (χ3v) is 6.91. The van der Waals surface area contributed by atoms with Crippen molar-refractivity contribution < 1.29 is 19.4 Å². The number of nitrogens with zero attached hydrogens (tertiary/aromatic N) is 2. The van der Waals surface area contributed by atoms with Crippen LogP contribution in [0.3, 0.4) is 0 Å². The van der Waals surface area contributed by atoms with Crippen LogP contribution in [0.2, 0.25) is 0 Å². The number of rotatable bonds is 9. The number of hydrogen-bond donors (Lipinski definition) is 2. The summed E-state index contributed by atoms with van der Waals surface area (Å²) in [5.41, 5.74) is 1.88. The van der Waals surface area contributed by atoms with E-state index in [4.69, 9.17) is 4.74 Å². The number of fused-ring (bicyclic) bond motifs is 1. The van der Waals surface area contributed by atoms with E-state index in [0.717, 1.165) is 24.6 Å². The van der Waals surface area contributed by atoms with Crippen molar-refractivity contribution in [2.24, 2.45) is 11.8 Å². The topological polar surface area (TPSA) is 82.1 Å². The molecule has 3 atom stereocenters. The summed E-state index contributed by atoms with van der Waals surface area (Å²) in [6, 6.07) is 14.5. The molecule has 7 nitrogen and oxygen atoms in total. The SMILES string of the molecule is C[C@@H]1CN([C@@H](C)CO)C(=O)c2cc(NC(=O)Cc3ccccc3)ccc2O[C@@H]1CN(C)CC1CC1. The number of amides is 2. The lowest BCUT2D eigenvalue weighted by Crippen LogP contribution is -2.50. The fourth-order valence-electron chi connectivity index (χ4n) is 4.63. The lowest BCUT2D eigenvalue weighted by Gasteiger charge is -2.38. The van der Waals surface area contributed by atoms with Gasteiger partial charge >= 0.3 is 0 Å². The van der Waals surface area contributed by atoms with E-state index in [2.05, 4.69) is 24.2 Å². The number of likely N-dealkylation sites (N-methyl/N-ethyl adjacent to an activating group) is 1. The van der Waals surface area contributed by atoms with Crippen LogP contribution >= 0.6 is 0 Å². The average molecular weight is 480 g/mol. The van der Waals surface area contributed by atoms with Crippen molar-refractivity contribution in [3.8, 4) is 5.75 Å². The van der Waals surface area contributed by atoms with E-state index < -0.39 is 0 Å². The number of nitrogens with one attached hydrogen (secondary N) is 1. The molecule has 0 radical (unpaired) electrons. The largest absolute Gasteiger partial charge is 0.488 e. The molecule has 1 saturated carbocycles. The van der Waals surface area contributed by atoms with E-state index in [1.807, 2.05) is 37.3 Å². The van der Waals surface area contributed by atoms with Gasteiger partial charge in [-0.15, -0.1) is 0 Å². The molecule has 2 aromatic rings. The van der Waals surface area contributed by atoms with Crippen LogP contribution < -0.4 is 10.1 Å². The second-order valence-electron chi connectivity index (χ2n) is 10.2. The molecule has 0 unspecified atom stereocenters. The number of carbonyl (C=O) groups excluding carboxylic acids is 2. The number of ether oxygens (including phenoxy) is 1. The molecule has 2 aliphatic rings. The molecule has 2 amide bonds. The Kier molecular flexibility index (Phi) is 8.08. The standard InChI is InChI=1S/C28H37N3O4/c1-19-15-31(20(2)18-32)28(34)24-14-23(29-27(33)13-21-7-5-4-6-8-21)11-12-25(24)35-26(19)17-30(3)16-22-9-10-22/h4-8,11-12,14,19-20,22,26,32H,9-10,13,15-18H2,1-3H3,(H,29,33)/t19-,20+,26-/m1/s1. The molecule has 35 heavy (non-hydrogen) atoms. The predicted octanol–water partition coefficient (Wildman–Crippen LogP) is 3.43. The third kappa shape index (κ3) is 6.61. The zero-order valence-corrected chi connectivity index (χ0v) is 20.9. The molecule has 0 saturated heterocycles. The van der Waals surface area contributed by atoms with Gasteiger partial charge in [-0.2, -0.15) is 0 Å². The first-order valence-corrected chi connectivity index (χ1v) is 12.6. The Balaban J connectivity index is 1.56. The maximum Gasteiger partial charge on any atom is 0.258 e. The van der Waals surface area contributed by atoms with Crippen molar-refractivity contribution >= 4 is 17.5 Å². The maximum absolute atomic E-state index is 13.6. The fraction of sp³-hybridized carbons (Fsp3) is 0.500. The smallest absolute Gasteiger partial charge is 0.258 e. The van der Waals surface area contributed by atoms with Crippen LogP contribution in [0.25, 0.3) is 0 Å². The summed E-state index contributed by atoms with van der Waals surface area (Å²) in [5.74, 6) is 1.04. The highest BCUT2D eigenvalue weighted by atomic mass is 16.5. The van der Waals surface area contributed by atoms with E-state index in [1.165, 1.54) is 12.8 Å². The third-order valence-electron chi connectivity index (χ3n) is 6.91. The van der Waals surface area contributed by atoms with Crippen LogP contribution in [0.15, 0.2) is 48.5 Å². The predicted molar refractivity (Wildman–Crippen MR) is 137 cm³/mol. The minimum Gasteiger partial charge on any atom is -0.488 e. The van der Waals surface area contributed by atoms with Gasteiger partial charge in [-0.25, -0.2) is 0 Å². The van der Waals surface area contributed by atoms with Crippen LogP contribution in [-0.2, 0) is 11.2 Å². The zero-order valence-electron chi connectivity index (χ0n) is 20.9. The van der Waals surface area contributed by atoms with Crippen molar-refractivity contribution in [2.45, 2.75) is 45.3 Å². The number of anilines is 1. The summed E-state index contributed by atoms with van der Waals surface area (Å²) < 4.78 is 6.45. The Hall–Kier alpha value is -2.90. The van der Waals surface area contributed by atoms with Gasteiger partial charge in [0.15, 0.2) is 0 Å². The summed E-state index contributed by atoms with van der Waals surface area (Å²) in [6.45, 7) is 6.15. The summed E-state index contributed by atoms with van der Waals surface area (Å²) >= 11 is 0. The monoisotopic (exact) mass is 479 g/mol. The lowest BCUT2D eigenvalue weighted by molar-refractivity contribution is -0.115. The Labute approximate surface area is 208 Å². The first-order valence-electron chi connectivity index (χ1n) is 12.6. The Bertz CT molecular complexity index is 1020. The van der Waals surface area contributed by atoms with Crippen molar-refractivity contribution in [3.63, 3.8) is 0 Å². The fourth-order valence-corrected chi connectivity index (χ4v) is 4.63. The quantitative estimate of drug-likeness (QED) is 0.576. The van der Waals surface area contributed by atoms with Gasteiger partial charge in [-0.3, -0.25) is 9.59 Å². The second-order valence-corrected chi connectivity index (χ2v) is 10.2. The van der Waals surface area contributed by atoms with E-state index >= 15 is 0 Å². The van der Waals surface area contributed by atoms with Gasteiger partial charge in [-0.05, 0) is 56.5 Å². The molecular formula is C28H37N3O4. The molecule has 0 bridgehead atoms. The van der Waals surface area contributed by atoms with Gasteiger partial charge in [0, 0.05) is 31.2 Å². The molecule has 1 fully saturated rings. The number of benzene rings is 2. The molecule has 1 aliphatic carbocycles. The van der Waals surface area contributed by atoms with Crippen LogP contribution in [0, 0.1) is 11.8 Å². The van der Waals surface area contributed by atoms with Crippen LogP contribution in [0.5, 0.6) is 5.75 Å². The van der Waals surface area contributed by atoms with Crippen LogP contribution in [-0.4, -0.2) is 72.2 Å². The minimum absolute atomic E-state index is 0.0907. The molecular weight excluding hydrogens is 442 g/mol.